The zero-order valence-electron chi connectivity index (χ0n) is 8.82. The van der Waals surface area contributed by atoms with Crippen molar-refractivity contribution in [3.63, 3.8) is 0 Å². The number of rotatable bonds is 2. The second-order valence-corrected chi connectivity index (χ2v) is 5.09. The van der Waals surface area contributed by atoms with Gasteiger partial charge in [0.05, 0.1) is 0 Å². The zero-order valence-corrected chi connectivity index (χ0v) is 9.57. The summed E-state index contributed by atoms with van der Waals surface area (Å²) in [5.74, 6) is 1.15. The highest BCUT2D eigenvalue weighted by Gasteiger charge is 2.42. The van der Waals surface area contributed by atoms with Crippen LogP contribution in [0.2, 0.25) is 5.22 Å². The molecule has 0 spiro atoms. The average molecular weight is 241 g/mol. The summed E-state index contributed by atoms with van der Waals surface area (Å²) in [5, 5.41) is 0.222. The summed E-state index contributed by atoms with van der Waals surface area (Å²) in [5.41, 5.74) is 0. The van der Waals surface area contributed by atoms with Gasteiger partial charge >= 0.3 is 5.97 Å². The van der Waals surface area contributed by atoms with E-state index in [2.05, 4.69) is 0 Å². The van der Waals surface area contributed by atoms with Gasteiger partial charge in [-0.2, -0.15) is 0 Å². The first kappa shape index (κ1) is 10.2. The standard InChI is InChI=1S/C12H13ClO3/c13-11-4-3-9(15-11)12(14)16-10-6-7-1-2-8(10)5-7/h3-4,7-8,10H,1-2,5-6H2/t7-,8-,10-/m0/s1. The van der Waals surface area contributed by atoms with E-state index in [0.29, 0.717) is 5.92 Å². The van der Waals surface area contributed by atoms with Crippen molar-refractivity contribution < 1.29 is 13.9 Å². The van der Waals surface area contributed by atoms with E-state index in [1.807, 2.05) is 0 Å². The topological polar surface area (TPSA) is 39.4 Å². The summed E-state index contributed by atoms with van der Waals surface area (Å²) in [6.07, 6.45) is 4.82. The van der Waals surface area contributed by atoms with Crippen molar-refractivity contribution in [2.45, 2.75) is 31.8 Å². The van der Waals surface area contributed by atoms with Crippen LogP contribution in [0.1, 0.15) is 36.2 Å². The van der Waals surface area contributed by atoms with Crippen molar-refractivity contribution in [3.05, 3.63) is 23.1 Å². The van der Waals surface area contributed by atoms with Crippen LogP contribution >= 0.6 is 11.6 Å². The van der Waals surface area contributed by atoms with Gasteiger partial charge in [0.25, 0.3) is 0 Å². The Balaban J connectivity index is 1.65. The van der Waals surface area contributed by atoms with Gasteiger partial charge in [0.2, 0.25) is 5.76 Å². The third kappa shape index (κ3) is 1.73. The number of esters is 1. The van der Waals surface area contributed by atoms with Crippen molar-refractivity contribution >= 4 is 17.6 Å². The Morgan fingerprint density at radius 2 is 2.25 bits per heavy atom. The molecule has 0 saturated heterocycles. The summed E-state index contributed by atoms with van der Waals surface area (Å²) in [6.45, 7) is 0. The first-order chi connectivity index (χ1) is 7.72. The Kier molecular flexibility index (Phi) is 2.43. The van der Waals surface area contributed by atoms with Crippen LogP contribution < -0.4 is 0 Å². The molecule has 2 aliphatic rings. The molecule has 0 aliphatic heterocycles. The fourth-order valence-corrected chi connectivity index (χ4v) is 3.10. The van der Waals surface area contributed by atoms with Gasteiger partial charge in [-0.05, 0) is 61.3 Å². The molecule has 3 atom stereocenters. The minimum atomic E-state index is -0.385. The third-order valence-electron chi connectivity index (χ3n) is 3.71. The minimum absolute atomic E-state index is 0.0927. The molecular weight excluding hydrogens is 228 g/mol. The first-order valence-corrected chi connectivity index (χ1v) is 6.06. The van der Waals surface area contributed by atoms with Crippen LogP contribution in [0.3, 0.4) is 0 Å². The van der Waals surface area contributed by atoms with E-state index >= 15 is 0 Å². The van der Waals surface area contributed by atoms with Crippen LogP contribution in [0, 0.1) is 11.8 Å². The van der Waals surface area contributed by atoms with Gasteiger partial charge in [-0.25, -0.2) is 4.79 Å². The van der Waals surface area contributed by atoms with Gasteiger partial charge in [0.1, 0.15) is 6.10 Å². The second kappa shape index (κ2) is 3.81. The van der Waals surface area contributed by atoms with E-state index in [1.165, 1.54) is 19.3 Å². The predicted octanol–water partition coefficient (Wildman–Crippen LogP) is 3.28. The molecule has 2 bridgehead atoms. The average Bonchev–Trinajstić information content (AvgIpc) is 2.92. The molecule has 1 aromatic rings. The fraction of sp³-hybridized carbons (Fsp3) is 0.583. The Hall–Kier alpha value is -0.960. The molecule has 0 unspecified atom stereocenters. The molecule has 3 nitrogen and oxygen atoms in total. The molecule has 4 heteroatoms. The normalized spacial score (nSPS) is 31.9. The van der Waals surface area contributed by atoms with E-state index in [4.69, 9.17) is 20.8 Å². The highest BCUT2D eigenvalue weighted by molar-refractivity contribution is 6.29. The molecule has 16 heavy (non-hydrogen) atoms. The van der Waals surface area contributed by atoms with E-state index in [9.17, 15) is 4.79 Å². The molecular formula is C12H13ClO3. The Morgan fingerprint density at radius 1 is 1.38 bits per heavy atom. The van der Waals surface area contributed by atoms with Gasteiger partial charge in [-0.1, -0.05) is 0 Å². The molecule has 1 heterocycles. The van der Waals surface area contributed by atoms with Crippen molar-refractivity contribution in [3.8, 4) is 0 Å². The smallest absolute Gasteiger partial charge is 0.374 e. The SMILES string of the molecule is O=C(O[C@H]1C[C@H]2CC[C@H]1C2)c1ccc(Cl)o1. The number of hydrogen-bond acceptors (Lipinski definition) is 3. The Morgan fingerprint density at radius 3 is 2.81 bits per heavy atom. The molecule has 86 valence electrons. The van der Waals surface area contributed by atoms with Crippen LogP contribution in [-0.2, 0) is 4.74 Å². The maximum absolute atomic E-state index is 11.7. The number of carbonyl (C=O) groups is 1. The van der Waals surface area contributed by atoms with Crippen LogP contribution in [0.5, 0.6) is 0 Å². The van der Waals surface area contributed by atoms with Crippen LogP contribution in [0.4, 0.5) is 0 Å². The molecule has 3 rings (SSSR count). The molecule has 2 saturated carbocycles. The predicted molar refractivity (Wildman–Crippen MR) is 58.4 cm³/mol. The summed E-state index contributed by atoms with van der Waals surface area (Å²) < 4.78 is 10.5. The summed E-state index contributed by atoms with van der Waals surface area (Å²) in [4.78, 5) is 11.7. The number of furan rings is 1. The molecule has 2 aliphatic carbocycles. The van der Waals surface area contributed by atoms with Crippen LogP contribution in [0.25, 0.3) is 0 Å². The molecule has 0 amide bonds. The molecule has 0 radical (unpaired) electrons. The monoisotopic (exact) mass is 240 g/mol. The highest BCUT2D eigenvalue weighted by Crippen LogP contribution is 2.46. The Bertz CT molecular complexity index is 412. The van der Waals surface area contributed by atoms with Gasteiger partial charge in [-0.3, -0.25) is 0 Å². The summed E-state index contributed by atoms with van der Waals surface area (Å²) in [6, 6.07) is 3.11. The van der Waals surface area contributed by atoms with Gasteiger partial charge in [0, 0.05) is 0 Å². The lowest BCUT2D eigenvalue weighted by Crippen LogP contribution is -2.23. The Labute approximate surface area is 98.7 Å². The van der Waals surface area contributed by atoms with Crippen LogP contribution in [0.15, 0.2) is 16.5 Å². The lowest BCUT2D eigenvalue weighted by molar-refractivity contribution is 0.0125. The molecule has 1 aromatic heterocycles. The lowest BCUT2D eigenvalue weighted by Gasteiger charge is -2.21. The number of hydrogen-bond donors (Lipinski definition) is 0. The van der Waals surface area contributed by atoms with Gasteiger partial charge in [-0.15, -0.1) is 0 Å². The van der Waals surface area contributed by atoms with E-state index in [-0.39, 0.29) is 23.1 Å². The maximum atomic E-state index is 11.7. The number of ether oxygens (including phenoxy) is 1. The van der Waals surface area contributed by atoms with Crippen molar-refractivity contribution in [1.29, 1.82) is 0 Å². The van der Waals surface area contributed by atoms with E-state index < -0.39 is 0 Å². The van der Waals surface area contributed by atoms with Crippen LogP contribution in [-0.4, -0.2) is 12.1 Å². The van der Waals surface area contributed by atoms with Crippen molar-refractivity contribution in [2.24, 2.45) is 11.8 Å². The second-order valence-electron chi connectivity index (χ2n) is 4.72. The minimum Gasteiger partial charge on any atom is -0.456 e. The van der Waals surface area contributed by atoms with Crippen molar-refractivity contribution in [2.75, 3.05) is 0 Å². The van der Waals surface area contributed by atoms with E-state index in [1.54, 1.807) is 12.1 Å². The zero-order chi connectivity index (χ0) is 11.1. The maximum Gasteiger partial charge on any atom is 0.374 e. The summed E-state index contributed by atoms with van der Waals surface area (Å²) in [7, 11) is 0. The molecule has 2 fully saturated rings. The van der Waals surface area contributed by atoms with Crippen molar-refractivity contribution in [1.82, 2.24) is 0 Å². The van der Waals surface area contributed by atoms with E-state index in [0.717, 1.165) is 12.3 Å². The van der Waals surface area contributed by atoms with Gasteiger partial charge < -0.3 is 9.15 Å². The lowest BCUT2D eigenvalue weighted by atomic mass is 9.98. The molecule has 0 aromatic carbocycles. The fourth-order valence-electron chi connectivity index (χ4n) is 2.95. The number of carbonyl (C=O) groups excluding carboxylic acids is 1. The third-order valence-corrected chi connectivity index (χ3v) is 3.91. The highest BCUT2D eigenvalue weighted by atomic mass is 35.5. The number of fused-ring (bicyclic) bond motifs is 2. The number of halogens is 1. The largest absolute Gasteiger partial charge is 0.456 e. The molecule has 0 N–H and O–H groups in total. The quantitative estimate of drug-likeness (QED) is 0.745. The first-order valence-electron chi connectivity index (χ1n) is 5.68. The van der Waals surface area contributed by atoms with Gasteiger partial charge in [0.15, 0.2) is 5.22 Å². The summed E-state index contributed by atoms with van der Waals surface area (Å²) >= 11 is 5.61.